The molecule has 2 aromatic carbocycles. The largest absolute Gasteiger partial charge is 0.386 e. The summed E-state index contributed by atoms with van der Waals surface area (Å²) in [5, 5.41) is 7.66. The van der Waals surface area contributed by atoms with Crippen molar-refractivity contribution in [2.24, 2.45) is 5.10 Å². The second-order valence-corrected chi connectivity index (χ2v) is 7.08. The van der Waals surface area contributed by atoms with Gasteiger partial charge in [0.1, 0.15) is 0 Å². The monoisotopic (exact) mass is 539 g/mol. The number of amides is 1. The summed E-state index contributed by atoms with van der Waals surface area (Å²) in [6, 6.07) is 10.7. The minimum absolute atomic E-state index is 0.296. The van der Waals surface area contributed by atoms with E-state index >= 15 is 0 Å². The number of carbonyl (C=O) groups is 1. The van der Waals surface area contributed by atoms with Crippen LogP contribution in [0.1, 0.15) is 15.9 Å². The van der Waals surface area contributed by atoms with E-state index in [4.69, 9.17) is 11.6 Å². The summed E-state index contributed by atoms with van der Waals surface area (Å²) in [7, 11) is 1.89. The van der Waals surface area contributed by atoms with Gasteiger partial charge in [0.25, 0.3) is 5.91 Å². The van der Waals surface area contributed by atoms with Crippen molar-refractivity contribution in [2.75, 3.05) is 12.4 Å². The molecule has 0 aromatic heterocycles. The van der Waals surface area contributed by atoms with Crippen LogP contribution in [0.4, 0.5) is 5.69 Å². The molecule has 4 nitrogen and oxygen atoms in total. The number of nitrogens with zero attached hydrogens (tertiary/aromatic N) is 1. The Bertz CT molecular complexity index is 711. The Labute approximate surface area is 161 Å². The zero-order valence-electron chi connectivity index (χ0n) is 11.5. The molecule has 0 radical (unpaired) electrons. The topological polar surface area (TPSA) is 53.5 Å². The average Bonchev–Trinajstić information content (AvgIpc) is 2.47. The highest BCUT2D eigenvalue weighted by Gasteiger charge is 2.06. The summed E-state index contributed by atoms with van der Waals surface area (Å²) < 4.78 is 2.18. The van der Waals surface area contributed by atoms with Crippen LogP contribution < -0.4 is 10.7 Å². The summed E-state index contributed by atoms with van der Waals surface area (Å²) in [6.45, 7) is 0. The van der Waals surface area contributed by atoms with Crippen LogP contribution in [0.15, 0.2) is 41.5 Å². The Morgan fingerprint density at radius 2 is 1.91 bits per heavy atom. The lowest BCUT2D eigenvalue weighted by Crippen LogP contribution is -2.17. The van der Waals surface area contributed by atoms with Gasteiger partial charge in [-0.3, -0.25) is 4.79 Å². The lowest BCUT2D eigenvalue weighted by Gasteiger charge is -2.07. The van der Waals surface area contributed by atoms with Crippen LogP contribution in [0.25, 0.3) is 0 Å². The number of carbonyl (C=O) groups excluding carboxylic acids is 1. The van der Waals surface area contributed by atoms with E-state index in [-0.39, 0.29) is 5.91 Å². The molecule has 7 heteroatoms. The van der Waals surface area contributed by atoms with Crippen molar-refractivity contribution >= 4 is 74.6 Å². The molecule has 114 valence electrons. The summed E-state index contributed by atoms with van der Waals surface area (Å²) in [4.78, 5) is 11.9. The number of nitrogens with one attached hydrogen (secondary N) is 2. The van der Waals surface area contributed by atoms with E-state index in [0.717, 1.165) is 18.4 Å². The van der Waals surface area contributed by atoms with Gasteiger partial charge in [0.2, 0.25) is 0 Å². The van der Waals surface area contributed by atoms with E-state index in [0.29, 0.717) is 10.6 Å². The fourth-order valence-corrected chi connectivity index (χ4v) is 4.31. The maximum absolute atomic E-state index is 11.9. The summed E-state index contributed by atoms with van der Waals surface area (Å²) in [5.74, 6) is -0.296. The van der Waals surface area contributed by atoms with Crippen LogP contribution in [0.3, 0.4) is 0 Å². The van der Waals surface area contributed by atoms with Gasteiger partial charge in [0.15, 0.2) is 0 Å². The molecule has 0 saturated carbocycles. The lowest BCUT2D eigenvalue weighted by atomic mass is 10.2. The molecule has 0 aliphatic rings. The molecule has 2 rings (SSSR count). The third kappa shape index (κ3) is 4.56. The summed E-state index contributed by atoms with van der Waals surface area (Å²) >= 11 is 10.4. The number of hydrazone groups is 1. The van der Waals surface area contributed by atoms with Crippen LogP contribution in [0.5, 0.6) is 0 Å². The van der Waals surface area contributed by atoms with E-state index in [2.05, 4.69) is 61.0 Å². The molecule has 1 amide bonds. The van der Waals surface area contributed by atoms with E-state index in [1.165, 1.54) is 0 Å². The molecule has 0 unspecified atom stereocenters. The third-order valence-corrected chi connectivity index (χ3v) is 4.72. The number of hydrogen-bond acceptors (Lipinski definition) is 3. The van der Waals surface area contributed by atoms with E-state index in [1.54, 1.807) is 30.5 Å². The van der Waals surface area contributed by atoms with Gasteiger partial charge in [-0.25, -0.2) is 5.43 Å². The first-order valence-corrected chi connectivity index (χ1v) is 8.80. The Kier molecular flexibility index (Phi) is 6.45. The first-order valence-electron chi connectivity index (χ1n) is 6.27. The number of benzene rings is 2. The van der Waals surface area contributed by atoms with Crippen molar-refractivity contribution in [3.63, 3.8) is 0 Å². The van der Waals surface area contributed by atoms with Gasteiger partial charge < -0.3 is 5.32 Å². The van der Waals surface area contributed by atoms with Gasteiger partial charge in [-0.2, -0.15) is 5.10 Å². The SMILES string of the molecule is CNc1c(I)cc(/C=N\NC(=O)c2cccc(Cl)c2)cc1I. The highest BCUT2D eigenvalue weighted by molar-refractivity contribution is 14.1. The number of rotatable bonds is 4. The normalized spacial score (nSPS) is 10.7. The maximum Gasteiger partial charge on any atom is 0.271 e. The van der Waals surface area contributed by atoms with Crippen LogP contribution >= 0.6 is 56.8 Å². The fraction of sp³-hybridized carbons (Fsp3) is 0.0667. The maximum atomic E-state index is 11.9. The first kappa shape index (κ1) is 17.5. The second kappa shape index (κ2) is 8.11. The quantitative estimate of drug-likeness (QED) is 0.345. The Morgan fingerprint density at radius 1 is 1.23 bits per heavy atom. The number of halogens is 3. The van der Waals surface area contributed by atoms with Crippen molar-refractivity contribution < 1.29 is 4.79 Å². The van der Waals surface area contributed by atoms with Crippen molar-refractivity contribution in [2.45, 2.75) is 0 Å². The van der Waals surface area contributed by atoms with Crippen molar-refractivity contribution in [3.05, 3.63) is 59.7 Å². The predicted octanol–water partition coefficient (Wildman–Crippen LogP) is 4.35. The smallest absolute Gasteiger partial charge is 0.271 e. The van der Waals surface area contributed by atoms with Crippen molar-refractivity contribution in [1.82, 2.24) is 5.43 Å². The van der Waals surface area contributed by atoms with Gasteiger partial charge in [-0.1, -0.05) is 17.7 Å². The molecule has 0 saturated heterocycles. The van der Waals surface area contributed by atoms with Crippen molar-refractivity contribution in [1.29, 1.82) is 0 Å². The lowest BCUT2D eigenvalue weighted by molar-refractivity contribution is 0.0955. The third-order valence-electron chi connectivity index (χ3n) is 2.78. The fourth-order valence-electron chi connectivity index (χ4n) is 1.77. The zero-order valence-corrected chi connectivity index (χ0v) is 16.6. The number of hydrogen-bond donors (Lipinski definition) is 2. The molecule has 0 fully saturated rings. The van der Waals surface area contributed by atoms with Crippen molar-refractivity contribution in [3.8, 4) is 0 Å². The second-order valence-electron chi connectivity index (χ2n) is 4.32. The van der Waals surface area contributed by atoms with Crippen LogP contribution in [-0.4, -0.2) is 19.2 Å². The standard InChI is InChI=1S/C15H12ClI2N3O/c1-19-14-12(17)5-9(6-13(14)18)8-20-21-15(22)10-3-2-4-11(16)7-10/h2-8,19H,1H3,(H,21,22)/b20-8-. The minimum atomic E-state index is -0.296. The molecule has 2 N–H and O–H groups in total. The molecule has 0 bridgehead atoms. The Balaban J connectivity index is 2.08. The van der Waals surface area contributed by atoms with Gasteiger partial charge in [0, 0.05) is 24.8 Å². The summed E-state index contributed by atoms with van der Waals surface area (Å²) in [6.07, 6.45) is 1.62. The molecule has 0 aliphatic carbocycles. The van der Waals surface area contributed by atoms with Crippen LogP contribution in [-0.2, 0) is 0 Å². The molecule has 0 aliphatic heterocycles. The molecule has 2 aromatic rings. The van der Waals surface area contributed by atoms with Crippen LogP contribution in [0.2, 0.25) is 5.02 Å². The average molecular weight is 540 g/mol. The predicted molar refractivity (Wildman–Crippen MR) is 108 cm³/mol. The molecule has 22 heavy (non-hydrogen) atoms. The molecular formula is C15H12ClI2N3O. The van der Waals surface area contributed by atoms with E-state index < -0.39 is 0 Å². The number of anilines is 1. The highest BCUT2D eigenvalue weighted by Crippen LogP contribution is 2.25. The molecule has 0 spiro atoms. The van der Waals surface area contributed by atoms with Gasteiger partial charge >= 0.3 is 0 Å². The van der Waals surface area contributed by atoms with E-state index in [9.17, 15) is 4.79 Å². The molecular weight excluding hydrogens is 527 g/mol. The minimum Gasteiger partial charge on any atom is -0.386 e. The van der Waals surface area contributed by atoms with Gasteiger partial charge in [-0.15, -0.1) is 0 Å². The Morgan fingerprint density at radius 3 is 2.50 bits per heavy atom. The Hall–Kier alpha value is -0.870. The van der Waals surface area contributed by atoms with E-state index in [1.807, 2.05) is 19.2 Å². The van der Waals surface area contributed by atoms with Crippen LogP contribution in [0, 0.1) is 7.14 Å². The first-order chi connectivity index (χ1) is 10.5. The highest BCUT2D eigenvalue weighted by atomic mass is 127. The van der Waals surface area contributed by atoms with Gasteiger partial charge in [-0.05, 0) is 81.1 Å². The van der Waals surface area contributed by atoms with Gasteiger partial charge in [0.05, 0.1) is 11.9 Å². The zero-order chi connectivity index (χ0) is 16.1. The molecule has 0 atom stereocenters. The molecule has 0 heterocycles. The summed E-state index contributed by atoms with van der Waals surface area (Å²) in [5.41, 5.74) is 4.97.